The molecule has 1 aromatic carbocycles. The van der Waals surface area contributed by atoms with Crippen LogP contribution in [-0.4, -0.2) is 87.8 Å². The number of pyridine rings is 1. The van der Waals surface area contributed by atoms with Crippen LogP contribution in [0.1, 0.15) is 44.6 Å². The molecule has 3 aliphatic heterocycles. The zero-order valence-corrected chi connectivity index (χ0v) is 23.6. The van der Waals surface area contributed by atoms with Gasteiger partial charge in [0.05, 0.1) is 16.0 Å². The number of benzene rings is 1. The van der Waals surface area contributed by atoms with E-state index in [0.29, 0.717) is 59.8 Å². The lowest BCUT2D eigenvalue weighted by Gasteiger charge is -2.41. The van der Waals surface area contributed by atoms with Crippen LogP contribution in [0, 0.1) is 0 Å². The van der Waals surface area contributed by atoms with E-state index in [1.807, 2.05) is 16.8 Å². The average molecular weight is 570 g/mol. The van der Waals surface area contributed by atoms with Crippen LogP contribution in [0.4, 0.5) is 16.3 Å². The third-order valence-corrected chi connectivity index (χ3v) is 11.0. The summed E-state index contributed by atoms with van der Waals surface area (Å²) < 4.78 is 30.2. The van der Waals surface area contributed by atoms with Gasteiger partial charge in [0, 0.05) is 37.6 Å². The second-order valence-corrected chi connectivity index (χ2v) is 13.1. The fourth-order valence-corrected chi connectivity index (χ4v) is 8.37. The number of likely N-dealkylation sites (tertiary alicyclic amines) is 2. The summed E-state index contributed by atoms with van der Waals surface area (Å²) in [6.45, 7) is 4.92. The molecule has 0 spiro atoms. The number of sulfonamides is 1. The molecule has 13 heteroatoms. The van der Waals surface area contributed by atoms with Crippen LogP contribution in [0.3, 0.4) is 0 Å². The molecule has 3 N–H and O–H groups in total. The van der Waals surface area contributed by atoms with Gasteiger partial charge in [-0.15, -0.1) is 0 Å². The van der Waals surface area contributed by atoms with Gasteiger partial charge in [0.2, 0.25) is 10.0 Å². The van der Waals surface area contributed by atoms with Crippen LogP contribution in [-0.2, 0) is 22.1 Å². The maximum atomic E-state index is 13.4. The second kappa shape index (κ2) is 9.89. The number of anilines is 2. The van der Waals surface area contributed by atoms with Crippen LogP contribution >= 0.6 is 0 Å². The Balaban J connectivity index is 1.33. The molecule has 0 bridgehead atoms. The van der Waals surface area contributed by atoms with Crippen LogP contribution in [0.15, 0.2) is 40.2 Å². The monoisotopic (exact) mass is 569 g/mol. The molecule has 3 aliphatic rings. The molecule has 0 atom stereocenters. The third kappa shape index (κ3) is 4.36. The maximum absolute atomic E-state index is 13.4. The zero-order valence-electron chi connectivity index (χ0n) is 22.8. The molecule has 2 aromatic heterocycles. The van der Waals surface area contributed by atoms with Crippen LogP contribution < -0.4 is 10.9 Å². The molecule has 0 radical (unpaired) electrons. The largest absolute Gasteiger partial charge is 0.465 e. The summed E-state index contributed by atoms with van der Waals surface area (Å²) in [5, 5.41) is 18.0. The fraction of sp³-hybridized carbons (Fsp3) is 0.519. The lowest BCUT2D eigenvalue weighted by Crippen LogP contribution is -2.47. The number of carbonyl (C=O) groups is 1. The Morgan fingerprint density at radius 1 is 1.18 bits per heavy atom. The first-order valence-corrected chi connectivity index (χ1v) is 15.3. The summed E-state index contributed by atoms with van der Waals surface area (Å²) in [5.74, 6) is 0.387. The van der Waals surface area contributed by atoms with E-state index in [1.54, 1.807) is 22.6 Å². The van der Waals surface area contributed by atoms with Crippen molar-refractivity contribution in [3.05, 3.63) is 46.4 Å². The summed E-state index contributed by atoms with van der Waals surface area (Å²) in [6, 6.07) is 7.01. The standard InChI is InChI=1S/C27H35N7O5S/c1-3-27(9-14-32(15-10-27)26(36)37)34-21-6-11-28-25(35)23(21)24(30-34)29-19-4-5-22-18(16-19)17-33(40(22,38)39)20-7-12-31(2)13-8-20/h4-6,11,16,20H,3,7-10,12-15,17H2,1-2H3,(H,28,35)(H,29,30)(H,36,37). The van der Waals surface area contributed by atoms with Gasteiger partial charge in [-0.3, -0.25) is 9.48 Å². The van der Waals surface area contributed by atoms with Crippen LogP contribution in [0.25, 0.3) is 10.9 Å². The van der Waals surface area contributed by atoms with Gasteiger partial charge in [0.1, 0.15) is 5.39 Å². The highest BCUT2D eigenvalue weighted by atomic mass is 32.2. The van der Waals surface area contributed by atoms with E-state index in [1.165, 1.54) is 4.90 Å². The van der Waals surface area contributed by atoms with Crippen molar-refractivity contribution in [2.75, 3.05) is 38.5 Å². The maximum Gasteiger partial charge on any atom is 0.407 e. The summed E-state index contributed by atoms with van der Waals surface area (Å²) in [7, 11) is -1.51. The van der Waals surface area contributed by atoms with E-state index in [0.717, 1.165) is 37.9 Å². The molecular weight excluding hydrogens is 534 g/mol. The van der Waals surface area contributed by atoms with Gasteiger partial charge in [-0.1, -0.05) is 6.92 Å². The molecule has 12 nitrogen and oxygen atoms in total. The van der Waals surface area contributed by atoms with Crippen LogP contribution in [0.2, 0.25) is 0 Å². The van der Waals surface area contributed by atoms with Crippen molar-refractivity contribution in [1.82, 2.24) is 28.9 Å². The van der Waals surface area contributed by atoms with E-state index in [4.69, 9.17) is 5.10 Å². The average Bonchev–Trinajstić information content (AvgIpc) is 3.44. The molecule has 5 heterocycles. The number of piperidine rings is 2. The van der Waals surface area contributed by atoms with Crippen molar-refractivity contribution in [3.8, 4) is 0 Å². The zero-order chi connectivity index (χ0) is 28.2. The first kappa shape index (κ1) is 26.8. The Hall–Kier alpha value is -3.42. The Morgan fingerprint density at radius 2 is 1.90 bits per heavy atom. The van der Waals surface area contributed by atoms with E-state index in [2.05, 4.69) is 29.2 Å². The van der Waals surface area contributed by atoms with Crippen LogP contribution in [0.5, 0.6) is 0 Å². The number of fused-ring (bicyclic) bond motifs is 2. The fourth-order valence-electron chi connectivity index (χ4n) is 6.51. The molecule has 0 unspecified atom stereocenters. The lowest BCUT2D eigenvalue weighted by molar-refractivity contribution is 0.0869. The summed E-state index contributed by atoms with van der Waals surface area (Å²) in [6.07, 6.45) is 4.19. The Kier molecular flexibility index (Phi) is 6.62. The van der Waals surface area contributed by atoms with Crippen molar-refractivity contribution in [2.45, 2.75) is 62.0 Å². The molecule has 40 heavy (non-hydrogen) atoms. The van der Waals surface area contributed by atoms with Gasteiger partial charge in [0.25, 0.3) is 5.56 Å². The number of carboxylic acid groups (broad SMARTS) is 1. The van der Waals surface area contributed by atoms with Crippen molar-refractivity contribution >= 4 is 38.5 Å². The van der Waals surface area contributed by atoms with Crippen molar-refractivity contribution < 1.29 is 18.3 Å². The number of nitrogens with one attached hydrogen (secondary N) is 2. The van der Waals surface area contributed by atoms with E-state index >= 15 is 0 Å². The third-order valence-electron chi connectivity index (χ3n) is 9.01. The predicted octanol–water partition coefficient (Wildman–Crippen LogP) is 2.95. The SMILES string of the molecule is CCC1(n2nc(Nc3ccc4c(c3)CN(C3CCN(C)CC3)S4(=O)=O)c3c(=O)[nH]ccc32)CCN(C(=O)O)CC1. The van der Waals surface area contributed by atoms with Gasteiger partial charge in [0.15, 0.2) is 5.82 Å². The summed E-state index contributed by atoms with van der Waals surface area (Å²) >= 11 is 0. The minimum absolute atomic E-state index is 0.0130. The molecule has 2 fully saturated rings. The molecule has 2 saturated heterocycles. The number of hydrogen-bond donors (Lipinski definition) is 3. The molecule has 1 amide bonds. The molecule has 3 aromatic rings. The Labute approximate surface area is 232 Å². The van der Waals surface area contributed by atoms with E-state index in [9.17, 15) is 23.1 Å². The first-order valence-electron chi connectivity index (χ1n) is 13.8. The number of hydrogen-bond acceptors (Lipinski definition) is 7. The van der Waals surface area contributed by atoms with Gasteiger partial charge >= 0.3 is 6.09 Å². The number of amides is 1. The summed E-state index contributed by atoms with van der Waals surface area (Å²) in [5.41, 5.74) is 1.35. The molecule has 0 saturated carbocycles. The highest BCUT2D eigenvalue weighted by Gasteiger charge is 2.41. The molecule has 0 aliphatic carbocycles. The number of aromatic amines is 1. The Morgan fingerprint density at radius 3 is 2.58 bits per heavy atom. The van der Waals surface area contributed by atoms with Gasteiger partial charge in [-0.05, 0) is 82.1 Å². The topological polar surface area (TPSA) is 144 Å². The number of nitrogens with zero attached hydrogens (tertiary/aromatic N) is 5. The normalized spacial score (nSPS) is 21.5. The highest BCUT2D eigenvalue weighted by Crippen LogP contribution is 2.39. The number of aromatic nitrogens is 3. The quantitative estimate of drug-likeness (QED) is 0.426. The van der Waals surface area contributed by atoms with E-state index < -0.39 is 21.7 Å². The number of rotatable bonds is 5. The van der Waals surface area contributed by atoms with Crippen molar-refractivity contribution in [1.29, 1.82) is 0 Å². The predicted molar refractivity (Wildman–Crippen MR) is 150 cm³/mol. The van der Waals surface area contributed by atoms with Crippen molar-refractivity contribution in [3.63, 3.8) is 0 Å². The van der Waals surface area contributed by atoms with Gasteiger partial charge < -0.3 is 25.2 Å². The molecular formula is C27H35N7O5S. The summed E-state index contributed by atoms with van der Waals surface area (Å²) in [4.78, 5) is 31.2. The van der Waals surface area contributed by atoms with Gasteiger partial charge in [-0.25, -0.2) is 13.2 Å². The first-order chi connectivity index (χ1) is 19.1. The van der Waals surface area contributed by atoms with Gasteiger partial charge in [-0.2, -0.15) is 9.40 Å². The number of H-pyrrole nitrogens is 1. The lowest BCUT2D eigenvalue weighted by atomic mass is 9.85. The minimum Gasteiger partial charge on any atom is -0.465 e. The smallest absolute Gasteiger partial charge is 0.407 e. The molecule has 214 valence electrons. The highest BCUT2D eigenvalue weighted by molar-refractivity contribution is 7.89. The van der Waals surface area contributed by atoms with E-state index in [-0.39, 0.29) is 11.6 Å². The second-order valence-electron chi connectivity index (χ2n) is 11.2. The minimum atomic E-state index is -3.56. The van der Waals surface area contributed by atoms with Crippen molar-refractivity contribution in [2.24, 2.45) is 0 Å². The molecule has 6 rings (SSSR count). The Bertz CT molecular complexity index is 1620.